The summed E-state index contributed by atoms with van der Waals surface area (Å²) in [6.45, 7) is 1.49. The number of nitrogen functional groups attached to an aromatic ring is 1. The number of nitrogens with two attached hydrogens (primary N) is 2. The van der Waals surface area contributed by atoms with Crippen molar-refractivity contribution in [3.8, 4) is 0 Å². The second-order valence-electron chi connectivity index (χ2n) is 4.47. The van der Waals surface area contributed by atoms with Crippen molar-refractivity contribution in [1.82, 2.24) is 0 Å². The highest BCUT2D eigenvalue weighted by Crippen LogP contribution is 2.29. The average molecular weight is 313 g/mol. The van der Waals surface area contributed by atoms with Crippen molar-refractivity contribution in [3.63, 3.8) is 0 Å². The zero-order valence-electron chi connectivity index (χ0n) is 11.0. The Morgan fingerprint density at radius 3 is 2.38 bits per heavy atom. The highest BCUT2D eigenvalue weighted by Gasteiger charge is 2.14. The number of anilines is 3. The Labute approximate surface area is 120 Å². The molecule has 2 aromatic rings. The Hall–Kier alpha value is -2.19. The van der Waals surface area contributed by atoms with Crippen LogP contribution >= 0.6 is 0 Å². The first kappa shape index (κ1) is 15.2. The van der Waals surface area contributed by atoms with E-state index in [0.717, 1.165) is 12.1 Å². The molecule has 0 aliphatic carbocycles. The number of sulfonamides is 1. The van der Waals surface area contributed by atoms with Crippen molar-refractivity contribution >= 4 is 27.1 Å². The molecule has 5 N–H and O–H groups in total. The highest BCUT2D eigenvalue weighted by atomic mass is 32.2. The van der Waals surface area contributed by atoms with Crippen LogP contribution < -0.4 is 16.2 Å². The van der Waals surface area contributed by atoms with Gasteiger partial charge in [-0.15, -0.1) is 0 Å². The van der Waals surface area contributed by atoms with E-state index in [4.69, 9.17) is 10.9 Å². The zero-order chi connectivity index (χ0) is 15.8. The minimum absolute atomic E-state index is 0.00170. The molecule has 5 nitrogen and oxygen atoms in total. The molecule has 2 aromatic carbocycles. The van der Waals surface area contributed by atoms with Gasteiger partial charge in [0.05, 0.1) is 16.3 Å². The van der Waals surface area contributed by atoms with Gasteiger partial charge in [0, 0.05) is 0 Å². The summed E-state index contributed by atoms with van der Waals surface area (Å²) in [4.78, 5) is -0.185. The van der Waals surface area contributed by atoms with Gasteiger partial charge in [0.25, 0.3) is 0 Å². The van der Waals surface area contributed by atoms with E-state index in [1.165, 1.54) is 25.1 Å². The van der Waals surface area contributed by atoms with Crippen LogP contribution in [-0.2, 0) is 10.0 Å². The number of hydrogen-bond donors (Lipinski definition) is 3. The third-order valence-corrected chi connectivity index (χ3v) is 3.81. The molecule has 0 heterocycles. The lowest BCUT2D eigenvalue weighted by Gasteiger charge is -2.13. The molecule has 0 aromatic heterocycles. The summed E-state index contributed by atoms with van der Waals surface area (Å²) in [6.07, 6.45) is 0. The molecule has 8 heteroatoms. The molecular weight excluding hydrogens is 300 g/mol. The summed E-state index contributed by atoms with van der Waals surface area (Å²) in [5.41, 5.74) is 5.76. The van der Waals surface area contributed by atoms with Gasteiger partial charge in [0.15, 0.2) is 5.82 Å². The number of rotatable bonds is 3. The Balaban J connectivity index is 2.44. The Morgan fingerprint density at radius 2 is 1.81 bits per heavy atom. The van der Waals surface area contributed by atoms with Crippen LogP contribution in [0.4, 0.5) is 25.8 Å². The maximum absolute atomic E-state index is 13.9. The molecule has 0 unspecified atom stereocenters. The topological polar surface area (TPSA) is 98.2 Å². The molecule has 0 saturated carbocycles. The van der Waals surface area contributed by atoms with Gasteiger partial charge < -0.3 is 11.1 Å². The standard InChI is InChI=1S/C13H13F2N3O2S/c1-7-2-4-9(14)13(12(7)15)18-11-5-3-8(6-10(11)16)21(17,19)20/h2-6,18H,16H2,1H3,(H2,17,19,20). The SMILES string of the molecule is Cc1ccc(F)c(Nc2ccc(S(N)(=O)=O)cc2N)c1F. The van der Waals surface area contributed by atoms with Gasteiger partial charge in [-0.1, -0.05) is 6.07 Å². The van der Waals surface area contributed by atoms with Crippen molar-refractivity contribution in [2.75, 3.05) is 11.1 Å². The molecular formula is C13H13F2N3O2S. The molecule has 0 amide bonds. The normalized spacial score (nSPS) is 11.4. The molecule has 0 spiro atoms. The summed E-state index contributed by atoms with van der Waals surface area (Å²) >= 11 is 0. The second kappa shape index (κ2) is 5.30. The molecule has 21 heavy (non-hydrogen) atoms. The predicted octanol–water partition coefficient (Wildman–Crippen LogP) is 2.25. The van der Waals surface area contributed by atoms with E-state index < -0.39 is 21.7 Å². The monoisotopic (exact) mass is 313 g/mol. The van der Waals surface area contributed by atoms with Gasteiger partial charge >= 0.3 is 0 Å². The van der Waals surface area contributed by atoms with Crippen LogP contribution in [0.25, 0.3) is 0 Å². The highest BCUT2D eigenvalue weighted by molar-refractivity contribution is 7.89. The van der Waals surface area contributed by atoms with Crippen LogP contribution in [0.5, 0.6) is 0 Å². The maximum Gasteiger partial charge on any atom is 0.238 e. The van der Waals surface area contributed by atoms with Crippen molar-refractivity contribution < 1.29 is 17.2 Å². The molecule has 0 saturated heterocycles. The average Bonchev–Trinajstić information content (AvgIpc) is 2.39. The molecule has 0 aliphatic heterocycles. The Morgan fingerprint density at radius 1 is 1.14 bits per heavy atom. The van der Waals surface area contributed by atoms with Crippen molar-refractivity contribution in [3.05, 3.63) is 47.5 Å². The summed E-state index contributed by atoms with van der Waals surface area (Å²) in [5.74, 6) is -1.53. The minimum atomic E-state index is -3.89. The quantitative estimate of drug-likeness (QED) is 0.757. The van der Waals surface area contributed by atoms with E-state index in [0.29, 0.717) is 0 Å². The lowest BCUT2D eigenvalue weighted by molar-refractivity contribution is 0.585. The summed E-state index contributed by atoms with van der Waals surface area (Å²) in [6, 6.07) is 6.03. The number of hydrogen-bond acceptors (Lipinski definition) is 4. The molecule has 0 fully saturated rings. The van der Waals surface area contributed by atoms with E-state index >= 15 is 0 Å². The zero-order valence-corrected chi connectivity index (χ0v) is 11.8. The first-order chi connectivity index (χ1) is 9.70. The number of aryl methyl sites for hydroxylation is 1. The second-order valence-corrected chi connectivity index (χ2v) is 6.03. The fourth-order valence-electron chi connectivity index (χ4n) is 1.74. The number of primary sulfonamides is 1. The van der Waals surface area contributed by atoms with Crippen LogP contribution in [0.1, 0.15) is 5.56 Å². The summed E-state index contributed by atoms with van der Waals surface area (Å²) in [5, 5.41) is 7.49. The van der Waals surface area contributed by atoms with E-state index in [9.17, 15) is 17.2 Å². The van der Waals surface area contributed by atoms with Crippen LogP contribution in [0.15, 0.2) is 35.2 Å². The molecule has 112 valence electrons. The fourth-order valence-corrected chi connectivity index (χ4v) is 2.29. The Bertz CT molecular complexity index is 807. The molecule has 0 atom stereocenters. The maximum atomic E-state index is 13.9. The summed E-state index contributed by atoms with van der Waals surface area (Å²) in [7, 11) is -3.89. The molecule has 0 bridgehead atoms. The van der Waals surface area contributed by atoms with E-state index in [1.54, 1.807) is 0 Å². The fraction of sp³-hybridized carbons (Fsp3) is 0.0769. The first-order valence-corrected chi connectivity index (χ1v) is 7.38. The van der Waals surface area contributed by atoms with E-state index in [1.807, 2.05) is 0 Å². The number of nitrogens with one attached hydrogen (secondary N) is 1. The molecule has 0 aliphatic rings. The minimum Gasteiger partial charge on any atom is -0.397 e. The van der Waals surface area contributed by atoms with Crippen LogP contribution in [0, 0.1) is 18.6 Å². The largest absolute Gasteiger partial charge is 0.397 e. The van der Waals surface area contributed by atoms with Crippen molar-refractivity contribution in [2.24, 2.45) is 5.14 Å². The van der Waals surface area contributed by atoms with E-state index in [-0.39, 0.29) is 27.5 Å². The lowest BCUT2D eigenvalue weighted by atomic mass is 10.2. The third-order valence-electron chi connectivity index (χ3n) is 2.90. The van der Waals surface area contributed by atoms with Crippen molar-refractivity contribution in [1.29, 1.82) is 0 Å². The summed E-state index contributed by atoms with van der Waals surface area (Å²) < 4.78 is 49.9. The van der Waals surface area contributed by atoms with Gasteiger partial charge in [-0.05, 0) is 36.8 Å². The van der Waals surface area contributed by atoms with Gasteiger partial charge in [-0.25, -0.2) is 22.3 Å². The van der Waals surface area contributed by atoms with Crippen LogP contribution in [-0.4, -0.2) is 8.42 Å². The third kappa shape index (κ3) is 3.11. The van der Waals surface area contributed by atoms with Gasteiger partial charge in [0.2, 0.25) is 10.0 Å². The molecule has 0 radical (unpaired) electrons. The molecule has 2 rings (SSSR count). The van der Waals surface area contributed by atoms with Crippen molar-refractivity contribution in [2.45, 2.75) is 11.8 Å². The van der Waals surface area contributed by atoms with Gasteiger partial charge in [-0.2, -0.15) is 0 Å². The van der Waals surface area contributed by atoms with Gasteiger partial charge in [0.1, 0.15) is 11.5 Å². The predicted molar refractivity (Wildman–Crippen MR) is 76.6 cm³/mol. The van der Waals surface area contributed by atoms with Gasteiger partial charge in [-0.3, -0.25) is 0 Å². The van der Waals surface area contributed by atoms with Crippen LogP contribution in [0.2, 0.25) is 0 Å². The number of halogens is 2. The smallest absolute Gasteiger partial charge is 0.238 e. The first-order valence-electron chi connectivity index (χ1n) is 5.84. The van der Waals surface area contributed by atoms with Crippen LogP contribution in [0.3, 0.4) is 0 Å². The Kier molecular flexibility index (Phi) is 3.84. The number of benzene rings is 2. The lowest BCUT2D eigenvalue weighted by Crippen LogP contribution is -2.12. The van der Waals surface area contributed by atoms with E-state index in [2.05, 4.69) is 5.32 Å².